The predicted molar refractivity (Wildman–Crippen MR) is 106 cm³/mol. The summed E-state index contributed by atoms with van der Waals surface area (Å²) in [5.74, 6) is 0. The number of aliphatic hydroxyl groups is 2. The lowest BCUT2D eigenvalue weighted by Gasteiger charge is -2.31. The second kappa shape index (κ2) is 7.86. The Kier molecular flexibility index (Phi) is 6.17. The first-order chi connectivity index (χ1) is 12.5. The Bertz CT molecular complexity index is 853. The van der Waals surface area contributed by atoms with E-state index in [2.05, 4.69) is 5.32 Å². The number of hydrogen-bond acceptors (Lipinski definition) is 4. The molecule has 1 atom stereocenters. The molecule has 3 N–H and O–H groups in total. The number of carbonyl (C=O) groups is 1. The van der Waals surface area contributed by atoms with Crippen molar-refractivity contribution < 1.29 is 15.0 Å². The number of nitrogens with one attached hydrogen (secondary N) is 1. The van der Waals surface area contributed by atoms with Crippen LogP contribution in [0.25, 0.3) is 11.0 Å². The molecule has 7 heteroatoms. The van der Waals surface area contributed by atoms with Crippen LogP contribution in [0.3, 0.4) is 0 Å². The number of benzene rings is 1. The maximum Gasteiger partial charge on any atom is 0.337 e. The fourth-order valence-electron chi connectivity index (χ4n) is 3.07. The molecule has 1 amide bonds. The molecular formula is C20H31N3O4. The summed E-state index contributed by atoms with van der Waals surface area (Å²) in [6, 6.07) is 6.33. The number of para-hydroxylation sites is 2. The van der Waals surface area contributed by atoms with Crippen molar-refractivity contribution in [1.29, 1.82) is 0 Å². The molecule has 0 bridgehead atoms. The van der Waals surface area contributed by atoms with Gasteiger partial charge in [0.2, 0.25) is 0 Å². The van der Waals surface area contributed by atoms with Crippen LogP contribution in [0.2, 0.25) is 0 Å². The van der Waals surface area contributed by atoms with E-state index < -0.39 is 17.3 Å². The number of rotatable bonds is 6. The molecular weight excluding hydrogens is 346 g/mol. The number of fused-ring (bicyclic) bond motifs is 1. The molecule has 1 aromatic carbocycles. The summed E-state index contributed by atoms with van der Waals surface area (Å²) < 4.78 is 2.65. The van der Waals surface area contributed by atoms with Gasteiger partial charge < -0.3 is 15.5 Å². The number of aliphatic hydroxyl groups excluding tert-OH is 1. The quantitative estimate of drug-likeness (QED) is 0.720. The number of aromatic nitrogens is 2. The van der Waals surface area contributed by atoms with Crippen molar-refractivity contribution >= 4 is 17.1 Å². The van der Waals surface area contributed by atoms with E-state index in [1.807, 2.05) is 26.8 Å². The van der Waals surface area contributed by atoms with Crippen LogP contribution < -0.4 is 11.0 Å². The topological polar surface area (TPSA) is 96.5 Å². The molecule has 2 aromatic rings. The third kappa shape index (κ3) is 4.99. The molecule has 27 heavy (non-hydrogen) atoms. The molecule has 150 valence electrons. The zero-order chi connectivity index (χ0) is 20.4. The molecule has 0 saturated heterocycles. The second-order valence-electron chi connectivity index (χ2n) is 8.70. The molecule has 1 heterocycles. The summed E-state index contributed by atoms with van der Waals surface area (Å²) in [7, 11) is 0. The first kappa shape index (κ1) is 21.2. The summed E-state index contributed by atoms with van der Waals surface area (Å²) >= 11 is 0. The van der Waals surface area contributed by atoms with Crippen molar-refractivity contribution in [2.24, 2.45) is 5.41 Å². The maximum absolute atomic E-state index is 13.0. The fourth-order valence-corrected chi connectivity index (χ4v) is 3.07. The molecule has 0 radical (unpaired) electrons. The van der Waals surface area contributed by atoms with Gasteiger partial charge in [0.05, 0.1) is 16.6 Å². The predicted octanol–water partition coefficient (Wildman–Crippen LogP) is 2.32. The van der Waals surface area contributed by atoms with Crippen molar-refractivity contribution in [3.8, 4) is 0 Å². The Balaban J connectivity index is 2.44. The Hall–Kier alpha value is -2.12. The van der Waals surface area contributed by atoms with E-state index in [9.17, 15) is 19.8 Å². The van der Waals surface area contributed by atoms with Gasteiger partial charge in [0.1, 0.15) is 0 Å². The van der Waals surface area contributed by atoms with Gasteiger partial charge in [-0.25, -0.2) is 14.2 Å². The Morgan fingerprint density at radius 2 is 1.74 bits per heavy atom. The highest BCUT2D eigenvalue weighted by molar-refractivity contribution is 5.89. The minimum Gasteiger partial charge on any atom is -0.396 e. The van der Waals surface area contributed by atoms with Gasteiger partial charge in [0, 0.05) is 19.2 Å². The Morgan fingerprint density at radius 1 is 1.15 bits per heavy atom. The van der Waals surface area contributed by atoms with Gasteiger partial charge in [-0.05, 0) is 44.2 Å². The average Bonchev–Trinajstić information content (AvgIpc) is 2.82. The number of nitrogens with zero attached hydrogens (tertiary/aromatic N) is 2. The standard InChI is InChI=1S/C20H31N3O4/c1-19(2,3)16(10-13-24)21-17(25)23-15-9-7-6-8-14(15)22(18(23)26)12-11-20(4,5)27/h6-9,16,24,27H,10-13H2,1-5H3,(H,21,25)/t16-/m1/s1. The minimum absolute atomic E-state index is 0.0511. The van der Waals surface area contributed by atoms with Crippen LogP contribution >= 0.6 is 0 Å². The highest BCUT2D eigenvalue weighted by atomic mass is 16.3. The average molecular weight is 377 g/mol. The summed E-state index contributed by atoms with van der Waals surface area (Å²) in [6.45, 7) is 9.56. The second-order valence-corrected chi connectivity index (χ2v) is 8.70. The van der Waals surface area contributed by atoms with Crippen molar-refractivity contribution in [1.82, 2.24) is 14.5 Å². The van der Waals surface area contributed by atoms with Gasteiger partial charge in [0.25, 0.3) is 0 Å². The number of hydrogen-bond donors (Lipinski definition) is 3. The largest absolute Gasteiger partial charge is 0.396 e. The Morgan fingerprint density at radius 3 is 2.26 bits per heavy atom. The van der Waals surface area contributed by atoms with Crippen LogP contribution in [0.4, 0.5) is 4.79 Å². The number of aryl methyl sites for hydroxylation is 1. The lowest BCUT2D eigenvalue weighted by Crippen LogP contribution is -2.48. The third-order valence-corrected chi connectivity index (χ3v) is 4.75. The number of imidazole rings is 1. The van der Waals surface area contributed by atoms with Gasteiger partial charge in [-0.2, -0.15) is 0 Å². The summed E-state index contributed by atoms with van der Waals surface area (Å²) in [6.07, 6.45) is 0.791. The Labute approximate surface area is 159 Å². The molecule has 2 rings (SSSR count). The van der Waals surface area contributed by atoms with Gasteiger partial charge in [0.15, 0.2) is 0 Å². The maximum atomic E-state index is 13.0. The zero-order valence-corrected chi connectivity index (χ0v) is 16.8. The molecule has 0 saturated carbocycles. The van der Waals surface area contributed by atoms with Crippen molar-refractivity contribution in [3.05, 3.63) is 34.7 Å². The molecule has 1 aromatic heterocycles. The van der Waals surface area contributed by atoms with Gasteiger partial charge >= 0.3 is 11.7 Å². The normalized spacial score (nSPS) is 13.7. The molecule has 0 fully saturated rings. The highest BCUT2D eigenvalue weighted by Gasteiger charge is 2.28. The monoisotopic (exact) mass is 377 g/mol. The van der Waals surface area contributed by atoms with Crippen LogP contribution in [0.15, 0.2) is 29.1 Å². The van der Waals surface area contributed by atoms with Crippen LogP contribution in [0.1, 0.15) is 47.5 Å². The van der Waals surface area contributed by atoms with E-state index in [1.54, 1.807) is 32.0 Å². The van der Waals surface area contributed by atoms with Crippen molar-refractivity contribution in [2.45, 2.75) is 65.6 Å². The summed E-state index contributed by atoms with van der Waals surface area (Å²) in [5, 5.41) is 22.2. The first-order valence-corrected chi connectivity index (χ1v) is 9.30. The van der Waals surface area contributed by atoms with Crippen molar-refractivity contribution in [2.75, 3.05) is 6.61 Å². The molecule has 0 unspecified atom stereocenters. The smallest absolute Gasteiger partial charge is 0.337 e. The van der Waals surface area contributed by atoms with Gasteiger partial charge in [-0.1, -0.05) is 32.9 Å². The van der Waals surface area contributed by atoms with Crippen LogP contribution in [-0.4, -0.2) is 43.6 Å². The zero-order valence-electron chi connectivity index (χ0n) is 16.8. The molecule has 0 spiro atoms. The van der Waals surface area contributed by atoms with E-state index in [4.69, 9.17) is 0 Å². The molecule has 0 aliphatic rings. The summed E-state index contributed by atoms with van der Waals surface area (Å²) in [5.41, 5.74) is -0.441. The van der Waals surface area contributed by atoms with Crippen LogP contribution in [0, 0.1) is 5.41 Å². The summed E-state index contributed by atoms with van der Waals surface area (Å²) in [4.78, 5) is 25.9. The molecule has 7 nitrogen and oxygen atoms in total. The van der Waals surface area contributed by atoms with E-state index >= 15 is 0 Å². The van der Waals surface area contributed by atoms with E-state index in [1.165, 1.54) is 4.57 Å². The van der Waals surface area contributed by atoms with Crippen LogP contribution in [0.5, 0.6) is 0 Å². The van der Waals surface area contributed by atoms with E-state index in [0.29, 0.717) is 30.4 Å². The SMILES string of the molecule is CC(C)(O)CCn1c(=O)n(C(=O)N[C@H](CCO)C(C)(C)C)c2ccccc21. The van der Waals surface area contributed by atoms with E-state index in [0.717, 1.165) is 4.57 Å². The van der Waals surface area contributed by atoms with E-state index in [-0.39, 0.29) is 18.1 Å². The number of amides is 1. The van der Waals surface area contributed by atoms with Crippen molar-refractivity contribution in [3.63, 3.8) is 0 Å². The lowest BCUT2D eigenvalue weighted by atomic mass is 9.85. The third-order valence-electron chi connectivity index (χ3n) is 4.75. The highest BCUT2D eigenvalue weighted by Crippen LogP contribution is 2.22. The fraction of sp³-hybridized carbons (Fsp3) is 0.600. The molecule has 0 aliphatic carbocycles. The van der Waals surface area contributed by atoms with Gasteiger partial charge in [-0.15, -0.1) is 0 Å². The molecule has 0 aliphatic heterocycles. The lowest BCUT2D eigenvalue weighted by molar-refractivity contribution is 0.0663. The van der Waals surface area contributed by atoms with Gasteiger partial charge in [-0.3, -0.25) is 4.57 Å². The first-order valence-electron chi connectivity index (χ1n) is 9.30. The minimum atomic E-state index is -0.913. The number of carbonyl (C=O) groups excluding carboxylic acids is 1. The van der Waals surface area contributed by atoms with Crippen LogP contribution in [-0.2, 0) is 6.54 Å².